The predicted octanol–water partition coefficient (Wildman–Crippen LogP) is 4.10. The van der Waals surface area contributed by atoms with Crippen LogP contribution in [0.4, 0.5) is 0 Å². The number of aromatic amines is 1. The first kappa shape index (κ1) is 18.7. The van der Waals surface area contributed by atoms with Gasteiger partial charge in [0.1, 0.15) is 6.26 Å². The lowest BCUT2D eigenvalue weighted by molar-refractivity contribution is 0.0914. The molecule has 0 saturated heterocycles. The zero-order valence-electron chi connectivity index (χ0n) is 16.3. The van der Waals surface area contributed by atoms with Crippen LogP contribution in [0.25, 0.3) is 10.9 Å². The molecule has 2 unspecified atom stereocenters. The van der Waals surface area contributed by atoms with Crippen LogP contribution in [0.1, 0.15) is 67.0 Å². The SMILES string of the molecule is CC(NC(=O)c1coc(C(N)Cc2c[nH]c3ccccc23)n1)C1CCCCC1. The predicted molar refractivity (Wildman–Crippen MR) is 109 cm³/mol. The van der Waals surface area contributed by atoms with Crippen molar-refractivity contribution in [3.63, 3.8) is 0 Å². The molecule has 1 aliphatic rings. The largest absolute Gasteiger partial charge is 0.446 e. The fourth-order valence-corrected chi connectivity index (χ4v) is 4.22. The number of nitrogens with two attached hydrogens (primary N) is 1. The van der Waals surface area contributed by atoms with E-state index in [0.29, 0.717) is 23.9 Å². The third kappa shape index (κ3) is 3.97. The zero-order valence-corrected chi connectivity index (χ0v) is 16.3. The Morgan fingerprint density at radius 2 is 2.11 bits per heavy atom. The first-order chi connectivity index (χ1) is 13.6. The summed E-state index contributed by atoms with van der Waals surface area (Å²) in [7, 11) is 0. The molecule has 0 bridgehead atoms. The number of aromatic nitrogens is 2. The van der Waals surface area contributed by atoms with Gasteiger partial charge in [-0.15, -0.1) is 0 Å². The molecule has 0 spiro atoms. The molecule has 1 aromatic carbocycles. The van der Waals surface area contributed by atoms with E-state index in [0.717, 1.165) is 16.5 Å². The molecule has 28 heavy (non-hydrogen) atoms. The monoisotopic (exact) mass is 380 g/mol. The van der Waals surface area contributed by atoms with E-state index in [1.165, 1.54) is 38.4 Å². The maximum atomic E-state index is 12.5. The van der Waals surface area contributed by atoms with Crippen molar-refractivity contribution in [2.45, 2.75) is 57.5 Å². The van der Waals surface area contributed by atoms with Crippen LogP contribution in [0.5, 0.6) is 0 Å². The van der Waals surface area contributed by atoms with Gasteiger partial charge in [0, 0.05) is 23.1 Å². The van der Waals surface area contributed by atoms with Crippen LogP contribution in [0.15, 0.2) is 41.1 Å². The van der Waals surface area contributed by atoms with Crippen LogP contribution < -0.4 is 11.1 Å². The number of hydrogen-bond acceptors (Lipinski definition) is 4. The number of carbonyl (C=O) groups excluding carboxylic acids is 1. The Hall–Kier alpha value is -2.60. The third-order valence-corrected chi connectivity index (χ3v) is 5.90. The Balaban J connectivity index is 1.39. The molecule has 148 valence electrons. The molecule has 0 radical (unpaired) electrons. The van der Waals surface area contributed by atoms with Gasteiger partial charge in [0.15, 0.2) is 5.69 Å². The Bertz CT molecular complexity index is 939. The van der Waals surface area contributed by atoms with Crippen molar-refractivity contribution in [2.75, 3.05) is 0 Å². The highest BCUT2D eigenvalue weighted by molar-refractivity contribution is 5.92. The molecule has 1 amide bonds. The molecular formula is C22H28N4O2. The van der Waals surface area contributed by atoms with Crippen LogP contribution >= 0.6 is 0 Å². The topological polar surface area (TPSA) is 96.9 Å². The molecule has 6 nitrogen and oxygen atoms in total. The van der Waals surface area contributed by atoms with Crippen molar-refractivity contribution >= 4 is 16.8 Å². The number of carbonyl (C=O) groups is 1. The Kier molecular flexibility index (Phi) is 5.48. The van der Waals surface area contributed by atoms with Crippen LogP contribution in [-0.2, 0) is 6.42 Å². The fraction of sp³-hybridized carbons (Fsp3) is 0.455. The molecule has 6 heteroatoms. The standard InChI is InChI=1S/C22H28N4O2/c1-14(15-7-3-2-4-8-15)25-21(27)20-13-28-22(26-20)18(23)11-16-12-24-19-10-6-5-9-17(16)19/h5-6,9-10,12-15,18,24H,2-4,7-8,11,23H2,1H3,(H,25,27). The molecule has 1 aliphatic carbocycles. The third-order valence-electron chi connectivity index (χ3n) is 5.90. The van der Waals surface area contributed by atoms with Crippen LogP contribution in [-0.4, -0.2) is 21.9 Å². The molecule has 1 saturated carbocycles. The molecule has 4 rings (SSSR count). The molecule has 3 aromatic rings. The minimum atomic E-state index is -0.406. The lowest BCUT2D eigenvalue weighted by Crippen LogP contribution is -2.39. The number of H-pyrrole nitrogens is 1. The van der Waals surface area contributed by atoms with Gasteiger partial charge in [-0.1, -0.05) is 37.5 Å². The van der Waals surface area contributed by atoms with Gasteiger partial charge in [0.2, 0.25) is 5.89 Å². The van der Waals surface area contributed by atoms with Crippen molar-refractivity contribution in [1.29, 1.82) is 0 Å². The highest BCUT2D eigenvalue weighted by Gasteiger charge is 2.24. The summed E-state index contributed by atoms with van der Waals surface area (Å²) < 4.78 is 5.53. The average Bonchev–Trinajstić information content (AvgIpc) is 3.37. The first-order valence-corrected chi connectivity index (χ1v) is 10.2. The second-order valence-corrected chi connectivity index (χ2v) is 7.90. The van der Waals surface area contributed by atoms with Crippen molar-refractivity contribution in [1.82, 2.24) is 15.3 Å². The zero-order chi connectivity index (χ0) is 19.5. The summed E-state index contributed by atoms with van der Waals surface area (Å²) in [5.41, 5.74) is 8.79. The maximum absolute atomic E-state index is 12.5. The summed E-state index contributed by atoms with van der Waals surface area (Å²) in [6, 6.07) is 7.84. The van der Waals surface area contributed by atoms with Crippen LogP contribution in [0.3, 0.4) is 0 Å². The minimum Gasteiger partial charge on any atom is -0.446 e. The van der Waals surface area contributed by atoms with Crippen LogP contribution in [0, 0.1) is 5.92 Å². The van der Waals surface area contributed by atoms with Gasteiger partial charge in [-0.2, -0.15) is 0 Å². The highest BCUT2D eigenvalue weighted by Crippen LogP contribution is 2.27. The van der Waals surface area contributed by atoms with Crippen LogP contribution in [0.2, 0.25) is 0 Å². The molecule has 2 atom stereocenters. The van der Waals surface area contributed by atoms with Crippen molar-refractivity contribution in [2.24, 2.45) is 11.7 Å². The van der Waals surface area contributed by atoms with E-state index < -0.39 is 6.04 Å². The summed E-state index contributed by atoms with van der Waals surface area (Å²) in [6.07, 6.45) is 10.1. The minimum absolute atomic E-state index is 0.146. The van der Waals surface area contributed by atoms with Crippen molar-refractivity contribution in [3.8, 4) is 0 Å². The maximum Gasteiger partial charge on any atom is 0.273 e. The summed E-state index contributed by atoms with van der Waals surface area (Å²) in [4.78, 5) is 20.2. The number of nitrogens with zero attached hydrogens (tertiary/aromatic N) is 1. The summed E-state index contributed by atoms with van der Waals surface area (Å²) in [5, 5.41) is 4.22. The van der Waals surface area contributed by atoms with E-state index in [2.05, 4.69) is 28.3 Å². The second kappa shape index (κ2) is 8.19. The van der Waals surface area contributed by atoms with E-state index in [1.54, 1.807) is 0 Å². The molecule has 1 fully saturated rings. The van der Waals surface area contributed by atoms with Gasteiger partial charge in [-0.3, -0.25) is 4.79 Å². The normalized spacial score (nSPS) is 17.5. The van der Waals surface area contributed by atoms with Gasteiger partial charge < -0.3 is 20.5 Å². The number of fused-ring (bicyclic) bond motifs is 1. The van der Waals surface area contributed by atoms with Crippen molar-refractivity contribution in [3.05, 3.63) is 53.9 Å². The number of nitrogens with one attached hydrogen (secondary N) is 2. The van der Waals surface area contributed by atoms with E-state index in [9.17, 15) is 4.79 Å². The quantitative estimate of drug-likeness (QED) is 0.600. The molecule has 4 N–H and O–H groups in total. The Morgan fingerprint density at radius 1 is 1.32 bits per heavy atom. The highest BCUT2D eigenvalue weighted by atomic mass is 16.3. The average molecular weight is 380 g/mol. The molecule has 2 heterocycles. The van der Waals surface area contributed by atoms with Gasteiger partial charge in [0.05, 0.1) is 6.04 Å². The van der Waals surface area contributed by atoms with E-state index in [1.807, 2.05) is 24.4 Å². The Morgan fingerprint density at radius 3 is 2.93 bits per heavy atom. The number of benzene rings is 1. The number of para-hydroxylation sites is 1. The fourth-order valence-electron chi connectivity index (χ4n) is 4.22. The molecular weight excluding hydrogens is 352 g/mol. The van der Waals surface area contributed by atoms with E-state index >= 15 is 0 Å². The number of oxazole rings is 1. The van der Waals surface area contributed by atoms with E-state index in [-0.39, 0.29) is 11.9 Å². The summed E-state index contributed by atoms with van der Waals surface area (Å²) in [5.74, 6) is 0.751. The molecule has 0 aliphatic heterocycles. The van der Waals surface area contributed by atoms with Gasteiger partial charge >= 0.3 is 0 Å². The lowest BCUT2D eigenvalue weighted by atomic mass is 9.84. The van der Waals surface area contributed by atoms with Gasteiger partial charge in [0.25, 0.3) is 5.91 Å². The lowest BCUT2D eigenvalue weighted by Gasteiger charge is -2.27. The Labute approximate surface area is 164 Å². The smallest absolute Gasteiger partial charge is 0.273 e. The van der Waals surface area contributed by atoms with E-state index in [4.69, 9.17) is 10.2 Å². The van der Waals surface area contributed by atoms with Gasteiger partial charge in [-0.25, -0.2) is 4.98 Å². The first-order valence-electron chi connectivity index (χ1n) is 10.2. The number of amides is 1. The summed E-state index contributed by atoms with van der Waals surface area (Å²) >= 11 is 0. The molecule has 2 aromatic heterocycles. The summed E-state index contributed by atoms with van der Waals surface area (Å²) in [6.45, 7) is 2.08. The van der Waals surface area contributed by atoms with Gasteiger partial charge in [-0.05, 0) is 43.7 Å². The second-order valence-electron chi connectivity index (χ2n) is 7.90. The van der Waals surface area contributed by atoms with Crippen molar-refractivity contribution < 1.29 is 9.21 Å². The number of hydrogen-bond donors (Lipinski definition) is 3. The number of rotatable bonds is 6.